The Morgan fingerprint density at radius 2 is 1.90 bits per heavy atom. The van der Waals surface area contributed by atoms with Crippen LogP contribution in [0.25, 0.3) is 0 Å². The standard InChI is InChI=1S/C20H23N3O5S/c1-14(13-27-2)23-29(25,26)17-10-8-16(9-11-17)21-20(24)18-12-19(28-22-18)15-6-4-3-5-7-15/h3-11,14,19,23H,12-13H2,1-2H3,(H,21,24). The highest BCUT2D eigenvalue weighted by Gasteiger charge is 2.27. The lowest BCUT2D eigenvalue weighted by atomic mass is 10.0. The molecule has 1 aliphatic heterocycles. The van der Waals surface area contributed by atoms with Crippen LogP contribution in [-0.2, 0) is 24.4 Å². The zero-order valence-corrected chi connectivity index (χ0v) is 17.0. The molecule has 1 amide bonds. The Morgan fingerprint density at radius 3 is 2.55 bits per heavy atom. The van der Waals surface area contributed by atoms with Crippen LogP contribution in [0.3, 0.4) is 0 Å². The van der Waals surface area contributed by atoms with E-state index in [9.17, 15) is 13.2 Å². The number of sulfonamides is 1. The summed E-state index contributed by atoms with van der Waals surface area (Å²) >= 11 is 0. The fraction of sp³-hybridized carbons (Fsp3) is 0.300. The molecule has 0 radical (unpaired) electrons. The number of carbonyl (C=O) groups excluding carboxylic acids is 1. The summed E-state index contributed by atoms with van der Waals surface area (Å²) in [4.78, 5) is 17.9. The van der Waals surface area contributed by atoms with Crippen LogP contribution in [0, 0.1) is 0 Å². The normalized spacial score (nSPS) is 17.3. The molecule has 2 unspecified atom stereocenters. The van der Waals surface area contributed by atoms with Gasteiger partial charge < -0.3 is 14.9 Å². The molecule has 0 saturated carbocycles. The van der Waals surface area contributed by atoms with Gasteiger partial charge in [-0.05, 0) is 36.8 Å². The zero-order chi connectivity index (χ0) is 20.9. The number of methoxy groups -OCH3 is 1. The molecule has 0 spiro atoms. The lowest BCUT2D eigenvalue weighted by Gasteiger charge is -2.13. The molecule has 8 nitrogen and oxygen atoms in total. The van der Waals surface area contributed by atoms with Crippen molar-refractivity contribution in [3.63, 3.8) is 0 Å². The summed E-state index contributed by atoms with van der Waals surface area (Å²) in [6, 6.07) is 15.1. The molecule has 2 atom stereocenters. The van der Waals surface area contributed by atoms with Crippen LogP contribution < -0.4 is 10.0 Å². The second-order valence-electron chi connectivity index (χ2n) is 6.70. The van der Waals surface area contributed by atoms with Crippen LogP contribution >= 0.6 is 0 Å². The molecule has 1 heterocycles. The molecule has 0 fully saturated rings. The summed E-state index contributed by atoms with van der Waals surface area (Å²) in [5, 5.41) is 6.59. The van der Waals surface area contributed by atoms with E-state index >= 15 is 0 Å². The summed E-state index contributed by atoms with van der Waals surface area (Å²) in [5.74, 6) is -0.383. The first-order valence-electron chi connectivity index (χ1n) is 9.09. The molecule has 2 aromatic carbocycles. The van der Waals surface area contributed by atoms with Gasteiger partial charge in [-0.1, -0.05) is 35.5 Å². The number of nitrogens with one attached hydrogen (secondary N) is 2. The minimum absolute atomic E-state index is 0.101. The predicted molar refractivity (Wildman–Crippen MR) is 109 cm³/mol. The highest BCUT2D eigenvalue weighted by Crippen LogP contribution is 2.27. The van der Waals surface area contributed by atoms with Crippen LogP contribution in [0.5, 0.6) is 0 Å². The first kappa shape index (κ1) is 21.0. The number of oxime groups is 1. The Labute approximate surface area is 170 Å². The van der Waals surface area contributed by atoms with Gasteiger partial charge in [-0.3, -0.25) is 4.79 Å². The van der Waals surface area contributed by atoms with Crippen LogP contribution in [0.15, 0.2) is 64.6 Å². The van der Waals surface area contributed by atoms with Crippen molar-refractivity contribution in [2.24, 2.45) is 5.16 Å². The van der Waals surface area contributed by atoms with E-state index in [2.05, 4.69) is 15.2 Å². The molecule has 9 heteroatoms. The third-order valence-corrected chi connectivity index (χ3v) is 5.90. The fourth-order valence-electron chi connectivity index (χ4n) is 2.90. The molecule has 29 heavy (non-hydrogen) atoms. The molecule has 0 saturated heterocycles. The SMILES string of the molecule is COCC(C)NS(=O)(=O)c1ccc(NC(=O)C2=NOC(c3ccccc3)C2)cc1. The first-order valence-corrected chi connectivity index (χ1v) is 10.6. The van der Waals surface area contributed by atoms with Gasteiger partial charge in [-0.25, -0.2) is 13.1 Å². The van der Waals surface area contributed by atoms with E-state index in [1.165, 1.54) is 31.4 Å². The lowest BCUT2D eigenvalue weighted by molar-refractivity contribution is -0.110. The topological polar surface area (TPSA) is 106 Å². The fourth-order valence-corrected chi connectivity index (χ4v) is 4.12. The Bertz CT molecular complexity index is 975. The maximum atomic E-state index is 12.4. The number of hydrogen-bond donors (Lipinski definition) is 2. The van der Waals surface area contributed by atoms with Crippen molar-refractivity contribution < 1.29 is 22.8 Å². The van der Waals surface area contributed by atoms with Gasteiger partial charge >= 0.3 is 0 Å². The molecule has 2 aromatic rings. The third-order valence-electron chi connectivity index (χ3n) is 4.30. The van der Waals surface area contributed by atoms with Gasteiger partial charge in [0.2, 0.25) is 10.0 Å². The minimum atomic E-state index is -3.67. The van der Waals surface area contributed by atoms with E-state index in [0.29, 0.717) is 12.1 Å². The molecular formula is C20H23N3O5S. The molecule has 154 valence electrons. The summed E-state index contributed by atoms with van der Waals surface area (Å²) in [6.07, 6.45) is 0.0773. The van der Waals surface area contributed by atoms with Crippen molar-refractivity contribution in [1.29, 1.82) is 0 Å². The quantitative estimate of drug-likeness (QED) is 0.686. The Hall–Kier alpha value is -2.75. The monoisotopic (exact) mass is 417 g/mol. The smallest absolute Gasteiger partial charge is 0.273 e. The highest BCUT2D eigenvalue weighted by atomic mass is 32.2. The summed E-state index contributed by atoms with van der Waals surface area (Å²) in [6.45, 7) is 1.98. The summed E-state index contributed by atoms with van der Waals surface area (Å²) < 4.78 is 32.1. The van der Waals surface area contributed by atoms with Gasteiger partial charge in [0.05, 0.1) is 11.5 Å². The molecule has 0 aliphatic carbocycles. The van der Waals surface area contributed by atoms with Gasteiger partial charge in [0.1, 0.15) is 5.71 Å². The Morgan fingerprint density at radius 1 is 1.21 bits per heavy atom. The maximum Gasteiger partial charge on any atom is 0.273 e. The Balaban J connectivity index is 1.59. The Kier molecular flexibility index (Phi) is 6.63. The number of amides is 1. The van der Waals surface area contributed by atoms with E-state index in [0.717, 1.165) is 5.56 Å². The van der Waals surface area contributed by atoms with Crippen molar-refractivity contribution in [1.82, 2.24) is 4.72 Å². The summed E-state index contributed by atoms with van der Waals surface area (Å²) in [5.41, 5.74) is 1.69. The number of rotatable bonds is 8. The number of anilines is 1. The van der Waals surface area contributed by atoms with Crippen LogP contribution in [0.4, 0.5) is 5.69 Å². The molecule has 0 aromatic heterocycles. The number of ether oxygens (including phenoxy) is 1. The van der Waals surface area contributed by atoms with Gasteiger partial charge in [-0.15, -0.1) is 0 Å². The highest BCUT2D eigenvalue weighted by molar-refractivity contribution is 7.89. The van der Waals surface area contributed by atoms with Gasteiger partial charge in [-0.2, -0.15) is 0 Å². The lowest BCUT2D eigenvalue weighted by Crippen LogP contribution is -2.35. The van der Waals surface area contributed by atoms with Crippen LogP contribution in [0.1, 0.15) is 25.0 Å². The van der Waals surface area contributed by atoms with E-state index in [1.807, 2.05) is 30.3 Å². The van der Waals surface area contributed by atoms with Crippen LogP contribution in [-0.4, -0.2) is 39.8 Å². The van der Waals surface area contributed by atoms with Crippen molar-refractivity contribution in [3.8, 4) is 0 Å². The van der Waals surface area contributed by atoms with Crippen molar-refractivity contribution in [3.05, 3.63) is 60.2 Å². The molecule has 1 aliphatic rings. The third kappa shape index (κ3) is 5.41. The first-order chi connectivity index (χ1) is 13.9. The van der Waals surface area contributed by atoms with E-state index < -0.39 is 10.0 Å². The van der Waals surface area contributed by atoms with Crippen molar-refractivity contribution in [2.75, 3.05) is 19.0 Å². The zero-order valence-electron chi connectivity index (χ0n) is 16.2. The average molecular weight is 417 g/mol. The molecular weight excluding hydrogens is 394 g/mol. The van der Waals surface area contributed by atoms with Gasteiger partial charge in [0.15, 0.2) is 6.10 Å². The number of hydrogen-bond acceptors (Lipinski definition) is 6. The number of benzene rings is 2. The van der Waals surface area contributed by atoms with Gasteiger partial charge in [0, 0.05) is 25.3 Å². The predicted octanol–water partition coefficient (Wildman–Crippen LogP) is 2.46. The second-order valence-corrected chi connectivity index (χ2v) is 8.42. The molecule has 3 rings (SSSR count). The van der Waals surface area contributed by atoms with E-state index in [1.54, 1.807) is 6.92 Å². The largest absolute Gasteiger partial charge is 0.387 e. The number of nitrogens with zero attached hydrogens (tertiary/aromatic N) is 1. The average Bonchev–Trinajstić information content (AvgIpc) is 3.19. The van der Waals surface area contributed by atoms with Crippen molar-refractivity contribution >= 4 is 27.3 Å². The van der Waals surface area contributed by atoms with Crippen LogP contribution in [0.2, 0.25) is 0 Å². The van der Waals surface area contributed by atoms with Gasteiger partial charge in [0.25, 0.3) is 5.91 Å². The second kappa shape index (κ2) is 9.17. The van der Waals surface area contributed by atoms with E-state index in [4.69, 9.17) is 9.57 Å². The van der Waals surface area contributed by atoms with E-state index in [-0.39, 0.29) is 35.3 Å². The molecule has 2 N–H and O–H groups in total. The minimum Gasteiger partial charge on any atom is -0.387 e. The molecule has 0 bridgehead atoms. The summed E-state index contributed by atoms with van der Waals surface area (Å²) in [7, 11) is -2.16. The maximum absolute atomic E-state index is 12.4. The number of carbonyl (C=O) groups is 1. The van der Waals surface area contributed by atoms with Crippen molar-refractivity contribution in [2.45, 2.75) is 30.4 Å².